The third-order valence-corrected chi connectivity index (χ3v) is 3.59. The van der Waals surface area contributed by atoms with Crippen molar-refractivity contribution in [3.8, 4) is 0 Å². The molecular formula is C20H22N2O3. The van der Waals surface area contributed by atoms with Crippen LogP contribution in [-0.4, -0.2) is 28.1 Å². The maximum Gasteiger partial charge on any atom is 0.310 e. The van der Waals surface area contributed by atoms with Gasteiger partial charge in [0.2, 0.25) is 0 Å². The Morgan fingerprint density at radius 2 is 1.48 bits per heavy atom. The lowest BCUT2D eigenvalue weighted by Crippen LogP contribution is -2.57. The fourth-order valence-corrected chi connectivity index (χ4v) is 2.30. The van der Waals surface area contributed by atoms with Gasteiger partial charge in [0.05, 0.1) is 5.54 Å². The van der Waals surface area contributed by atoms with Gasteiger partial charge in [0.15, 0.2) is 0 Å². The lowest BCUT2D eigenvalue weighted by atomic mass is 10.1. The van der Waals surface area contributed by atoms with Crippen molar-refractivity contribution in [2.75, 3.05) is 0 Å². The maximum absolute atomic E-state index is 12.8. The molecule has 0 aromatic heterocycles. The van der Waals surface area contributed by atoms with Gasteiger partial charge < -0.3 is 0 Å². The molecule has 0 bridgehead atoms. The van der Waals surface area contributed by atoms with E-state index in [2.05, 4.69) is 5.43 Å². The first-order valence-corrected chi connectivity index (χ1v) is 8.02. The topological polar surface area (TPSA) is 66.5 Å². The van der Waals surface area contributed by atoms with E-state index in [1.165, 1.54) is 5.01 Å². The monoisotopic (exact) mass is 338 g/mol. The SMILES string of the molecule is Cc1cccc(C(=O)N(NC(=O)C(=O)c2ccccc2)C(C)(C)C)c1. The number of nitrogens with zero attached hydrogens (tertiary/aromatic N) is 1. The molecular weight excluding hydrogens is 316 g/mol. The van der Waals surface area contributed by atoms with Crippen LogP contribution in [0.2, 0.25) is 0 Å². The van der Waals surface area contributed by atoms with Crippen molar-refractivity contribution in [1.82, 2.24) is 10.4 Å². The van der Waals surface area contributed by atoms with Gasteiger partial charge in [-0.25, -0.2) is 5.01 Å². The van der Waals surface area contributed by atoms with Crippen molar-refractivity contribution in [2.24, 2.45) is 0 Å². The first kappa shape index (κ1) is 18.4. The number of aryl methyl sites for hydroxylation is 1. The van der Waals surface area contributed by atoms with E-state index in [-0.39, 0.29) is 11.5 Å². The molecule has 2 aromatic rings. The second kappa shape index (κ2) is 7.30. The predicted octanol–water partition coefficient (Wildman–Crippen LogP) is 3.15. The van der Waals surface area contributed by atoms with Gasteiger partial charge in [-0.2, -0.15) is 0 Å². The average molecular weight is 338 g/mol. The highest BCUT2D eigenvalue weighted by molar-refractivity contribution is 6.42. The molecule has 0 aliphatic heterocycles. The molecule has 2 amide bonds. The maximum atomic E-state index is 12.8. The van der Waals surface area contributed by atoms with E-state index in [9.17, 15) is 14.4 Å². The van der Waals surface area contributed by atoms with Crippen LogP contribution < -0.4 is 5.43 Å². The third kappa shape index (κ3) is 4.53. The van der Waals surface area contributed by atoms with Crippen molar-refractivity contribution in [1.29, 1.82) is 0 Å². The molecule has 0 radical (unpaired) electrons. The molecule has 5 heteroatoms. The van der Waals surface area contributed by atoms with Crippen LogP contribution in [-0.2, 0) is 4.79 Å². The van der Waals surface area contributed by atoms with Crippen LogP contribution in [0.15, 0.2) is 54.6 Å². The predicted molar refractivity (Wildman–Crippen MR) is 96.0 cm³/mol. The molecule has 0 saturated carbocycles. The number of nitrogens with one attached hydrogen (secondary N) is 1. The summed E-state index contributed by atoms with van der Waals surface area (Å²) in [7, 11) is 0. The van der Waals surface area contributed by atoms with Gasteiger partial charge in [0.1, 0.15) is 0 Å². The molecule has 0 spiro atoms. The minimum absolute atomic E-state index is 0.275. The van der Waals surface area contributed by atoms with Gasteiger partial charge >= 0.3 is 5.91 Å². The molecule has 0 atom stereocenters. The Morgan fingerprint density at radius 3 is 2.04 bits per heavy atom. The Bertz CT molecular complexity index is 792. The minimum atomic E-state index is -0.845. The van der Waals surface area contributed by atoms with Gasteiger partial charge in [-0.3, -0.25) is 19.8 Å². The molecule has 2 rings (SSSR count). The van der Waals surface area contributed by atoms with Gasteiger partial charge in [-0.05, 0) is 39.8 Å². The zero-order chi connectivity index (χ0) is 18.6. The second-order valence-electron chi connectivity index (χ2n) is 6.82. The van der Waals surface area contributed by atoms with E-state index in [1.807, 2.05) is 13.0 Å². The van der Waals surface area contributed by atoms with Gasteiger partial charge in [-0.15, -0.1) is 0 Å². The van der Waals surface area contributed by atoms with Crippen molar-refractivity contribution in [2.45, 2.75) is 33.2 Å². The smallest absolute Gasteiger partial charge is 0.283 e. The molecule has 0 aliphatic carbocycles. The Morgan fingerprint density at radius 1 is 0.880 bits per heavy atom. The first-order valence-electron chi connectivity index (χ1n) is 8.02. The number of carbonyl (C=O) groups excluding carboxylic acids is 3. The zero-order valence-corrected chi connectivity index (χ0v) is 14.9. The molecule has 2 aromatic carbocycles. The Balaban J connectivity index is 2.25. The molecule has 5 nitrogen and oxygen atoms in total. The number of hydrogen-bond donors (Lipinski definition) is 1. The van der Waals surface area contributed by atoms with E-state index in [1.54, 1.807) is 69.3 Å². The van der Waals surface area contributed by atoms with E-state index in [0.717, 1.165) is 5.56 Å². The summed E-state index contributed by atoms with van der Waals surface area (Å²) < 4.78 is 0. The lowest BCUT2D eigenvalue weighted by Gasteiger charge is -2.35. The molecule has 1 N–H and O–H groups in total. The van der Waals surface area contributed by atoms with Crippen molar-refractivity contribution < 1.29 is 14.4 Å². The van der Waals surface area contributed by atoms with Crippen molar-refractivity contribution in [3.05, 3.63) is 71.3 Å². The normalized spacial score (nSPS) is 10.9. The molecule has 130 valence electrons. The van der Waals surface area contributed by atoms with Crippen LogP contribution in [0.5, 0.6) is 0 Å². The highest BCUT2D eigenvalue weighted by atomic mass is 16.2. The van der Waals surface area contributed by atoms with Crippen LogP contribution >= 0.6 is 0 Å². The Kier molecular flexibility index (Phi) is 5.37. The number of rotatable bonds is 3. The van der Waals surface area contributed by atoms with Crippen LogP contribution in [0.4, 0.5) is 0 Å². The average Bonchev–Trinajstić information content (AvgIpc) is 2.58. The van der Waals surface area contributed by atoms with Crippen LogP contribution in [0.1, 0.15) is 47.1 Å². The summed E-state index contributed by atoms with van der Waals surface area (Å²) in [6.45, 7) is 7.24. The molecule has 25 heavy (non-hydrogen) atoms. The quantitative estimate of drug-likeness (QED) is 0.531. The van der Waals surface area contributed by atoms with E-state index >= 15 is 0 Å². The number of benzene rings is 2. The minimum Gasteiger partial charge on any atom is -0.283 e. The largest absolute Gasteiger partial charge is 0.310 e. The van der Waals surface area contributed by atoms with E-state index < -0.39 is 17.2 Å². The van der Waals surface area contributed by atoms with Crippen LogP contribution in [0.25, 0.3) is 0 Å². The Hall–Kier alpha value is -2.95. The number of amides is 2. The molecule has 0 aliphatic rings. The number of ketones is 1. The zero-order valence-electron chi connectivity index (χ0n) is 14.9. The fourth-order valence-electron chi connectivity index (χ4n) is 2.30. The van der Waals surface area contributed by atoms with E-state index in [0.29, 0.717) is 5.56 Å². The lowest BCUT2D eigenvalue weighted by molar-refractivity contribution is -0.122. The standard InChI is InChI=1S/C20H22N2O3/c1-14-9-8-12-16(13-14)19(25)22(20(2,3)4)21-18(24)17(23)15-10-6-5-7-11-15/h5-13H,1-4H3,(H,21,24). The van der Waals surface area contributed by atoms with Crippen LogP contribution in [0.3, 0.4) is 0 Å². The number of hydrazine groups is 1. The van der Waals surface area contributed by atoms with Gasteiger partial charge in [-0.1, -0.05) is 48.0 Å². The van der Waals surface area contributed by atoms with E-state index in [4.69, 9.17) is 0 Å². The first-order chi connectivity index (χ1) is 11.7. The molecule has 0 heterocycles. The van der Waals surface area contributed by atoms with Gasteiger partial charge in [0, 0.05) is 11.1 Å². The highest BCUT2D eigenvalue weighted by Crippen LogP contribution is 2.16. The molecule has 0 saturated heterocycles. The third-order valence-electron chi connectivity index (χ3n) is 3.59. The molecule has 0 fully saturated rings. The van der Waals surface area contributed by atoms with Gasteiger partial charge in [0.25, 0.3) is 11.7 Å². The summed E-state index contributed by atoms with van der Waals surface area (Å²) in [6.07, 6.45) is 0. The Labute approximate surface area is 147 Å². The summed E-state index contributed by atoms with van der Waals surface area (Å²) in [5, 5.41) is 1.20. The number of carbonyl (C=O) groups is 3. The summed E-state index contributed by atoms with van der Waals surface area (Å²) in [6, 6.07) is 15.3. The van der Waals surface area contributed by atoms with Crippen molar-refractivity contribution in [3.63, 3.8) is 0 Å². The van der Waals surface area contributed by atoms with Crippen molar-refractivity contribution >= 4 is 17.6 Å². The van der Waals surface area contributed by atoms with Crippen LogP contribution in [0, 0.1) is 6.92 Å². The summed E-state index contributed by atoms with van der Waals surface area (Å²) >= 11 is 0. The summed E-state index contributed by atoms with van der Waals surface area (Å²) in [5.41, 5.74) is 3.43. The number of Topliss-reactive ketones (excluding diaryl/α,β-unsaturated/α-hetero) is 1. The molecule has 0 unspecified atom stereocenters. The second-order valence-corrected chi connectivity index (χ2v) is 6.82. The number of hydrogen-bond acceptors (Lipinski definition) is 3. The fraction of sp³-hybridized carbons (Fsp3) is 0.250. The summed E-state index contributed by atoms with van der Waals surface area (Å²) in [5.74, 6) is -1.90. The highest BCUT2D eigenvalue weighted by Gasteiger charge is 2.31. The summed E-state index contributed by atoms with van der Waals surface area (Å²) in [4.78, 5) is 37.5.